The number of hydrogen-bond acceptors (Lipinski definition) is 3. The maximum atomic E-state index is 12.3. The van der Waals surface area contributed by atoms with Gasteiger partial charge < -0.3 is 15.8 Å². The molecule has 0 aromatic heterocycles. The van der Waals surface area contributed by atoms with Gasteiger partial charge in [-0.1, -0.05) is 37.2 Å². The van der Waals surface area contributed by atoms with Crippen LogP contribution in [0.3, 0.4) is 0 Å². The molecule has 0 aliphatic carbocycles. The molecule has 0 aliphatic rings. The van der Waals surface area contributed by atoms with Gasteiger partial charge in [-0.05, 0) is 24.5 Å². The normalized spacial score (nSPS) is 11.7. The summed E-state index contributed by atoms with van der Waals surface area (Å²) in [4.78, 5) is 14.0. The third-order valence-electron chi connectivity index (χ3n) is 3.02. The molecule has 0 radical (unpaired) electrons. The van der Waals surface area contributed by atoms with Crippen molar-refractivity contribution in [2.45, 2.75) is 33.1 Å². The number of nitrogens with zero attached hydrogens (tertiary/aromatic N) is 2. The van der Waals surface area contributed by atoms with Crippen LogP contribution >= 0.6 is 0 Å². The fourth-order valence-electron chi connectivity index (χ4n) is 1.83. The molecule has 5 heteroatoms. The molecule has 0 saturated carbocycles. The van der Waals surface area contributed by atoms with E-state index < -0.39 is 0 Å². The highest BCUT2D eigenvalue weighted by molar-refractivity contribution is 5.94. The maximum Gasteiger partial charge on any atom is 0.226 e. The lowest BCUT2D eigenvalue weighted by Gasteiger charge is -2.23. The second-order valence-corrected chi connectivity index (χ2v) is 5.15. The molecule has 0 saturated heterocycles. The third kappa shape index (κ3) is 5.30. The molecule has 1 rings (SSSR count). The van der Waals surface area contributed by atoms with Crippen molar-refractivity contribution >= 4 is 17.4 Å². The van der Waals surface area contributed by atoms with Crippen molar-refractivity contribution in [1.82, 2.24) is 0 Å². The quantitative estimate of drug-likeness (QED) is 0.348. The number of oxime groups is 1. The number of hydrogen-bond donors (Lipinski definition) is 2. The van der Waals surface area contributed by atoms with Gasteiger partial charge in [-0.25, -0.2) is 0 Å². The predicted octanol–water partition coefficient (Wildman–Crippen LogP) is 2.59. The summed E-state index contributed by atoms with van der Waals surface area (Å²) >= 11 is 0. The summed E-state index contributed by atoms with van der Waals surface area (Å²) < 4.78 is 0. The van der Waals surface area contributed by atoms with E-state index >= 15 is 0 Å². The van der Waals surface area contributed by atoms with E-state index in [1.807, 2.05) is 30.3 Å². The molecule has 0 fully saturated rings. The van der Waals surface area contributed by atoms with Crippen LogP contribution in [0.5, 0.6) is 0 Å². The van der Waals surface area contributed by atoms with E-state index in [-0.39, 0.29) is 11.7 Å². The largest absolute Gasteiger partial charge is 0.409 e. The number of carbonyl (C=O) groups excluding carboxylic acids is 1. The second-order valence-electron chi connectivity index (χ2n) is 5.15. The maximum absolute atomic E-state index is 12.3. The van der Waals surface area contributed by atoms with Gasteiger partial charge in [0.05, 0.1) is 0 Å². The molecule has 0 heterocycles. The molecule has 0 bridgehead atoms. The number of para-hydroxylation sites is 1. The van der Waals surface area contributed by atoms with Crippen molar-refractivity contribution in [3.8, 4) is 0 Å². The molecule has 0 spiro atoms. The molecule has 0 aliphatic heterocycles. The average molecular weight is 277 g/mol. The van der Waals surface area contributed by atoms with Gasteiger partial charge in [0.15, 0.2) is 0 Å². The summed E-state index contributed by atoms with van der Waals surface area (Å²) in [7, 11) is 0. The van der Waals surface area contributed by atoms with Crippen LogP contribution in [0.2, 0.25) is 0 Å². The summed E-state index contributed by atoms with van der Waals surface area (Å²) in [6.45, 7) is 4.60. The molecule has 0 atom stereocenters. The van der Waals surface area contributed by atoms with E-state index in [4.69, 9.17) is 10.9 Å². The van der Waals surface area contributed by atoms with Crippen LogP contribution in [-0.4, -0.2) is 23.5 Å². The minimum absolute atomic E-state index is 0.0654. The Kier molecular flexibility index (Phi) is 6.56. The molecule has 3 N–H and O–H groups in total. The first kappa shape index (κ1) is 16.0. The van der Waals surface area contributed by atoms with E-state index in [2.05, 4.69) is 19.0 Å². The van der Waals surface area contributed by atoms with Gasteiger partial charge >= 0.3 is 0 Å². The zero-order valence-electron chi connectivity index (χ0n) is 12.1. The van der Waals surface area contributed by atoms with E-state index in [0.29, 0.717) is 25.3 Å². The molecular formula is C15H23N3O2. The summed E-state index contributed by atoms with van der Waals surface area (Å²) in [5, 5.41) is 11.5. The molecular weight excluding hydrogens is 254 g/mol. The van der Waals surface area contributed by atoms with Crippen molar-refractivity contribution in [1.29, 1.82) is 0 Å². The number of benzene rings is 1. The van der Waals surface area contributed by atoms with Gasteiger partial charge in [-0.15, -0.1) is 0 Å². The summed E-state index contributed by atoms with van der Waals surface area (Å²) in [6, 6.07) is 9.46. The Morgan fingerprint density at radius 1 is 1.30 bits per heavy atom. The average Bonchev–Trinajstić information content (AvgIpc) is 2.46. The van der Waals surface area contributed by atoms with Crippen LogP contribution in [0.1, 0.15) is 33.1 Å². The summed E-state index contributed by atoms with van der Waals surface area (Å²) in [5.41, 5.74) is 6.32. The highest BCUT2D eigenvalue weighted by atomic mass is 16.4. The molecule has 110 valence electrons. The highest BCUT2D eigenvalue weighted by Crippen LogP contribution is 2.16. The highest BCUT2D eigenvalue weighted by Gasteiger charge is 2.16. The van der Waals surface area contributed by atoms with Crippen LogP contribution in [0, 0.1) is 5.92 Å². The van der Waals surface area contributed by atoms with Gasteiger partial charge in [0.25, 0.3) is 0 Å². The lowest BCUT2D eigenvalue weighted by Crippen LogP contribution is -2.34. The minimum Gasteiger partial charge on any atom is -0.409 e. The van der Waals surface area contributed by atoms with Crippen molar-refractivity contribution in [3.05, 3.63) is 30.3 Å². The monoisotopic (exact) mass is 277 g/mol. The number of anilines is 1. The zero-order valence-corrected chi connectivity index (χ0v) is 12.1. The Hall–Kier alpha value is -2.04. The first-order chi connectivity index (χ1) is 9.54. The predicted molar refractivity (Wildman–Crippen MR) is 80.9 cm³/mol. The third-order valence-corrected chi connectivity index (χ3v) is 3.02. The Morgan fingerprint density at radius 3 is 2.50 bits per heavy atom. The number of amides is 1. The van der Waals surface area contributed by atoms with E-state index in [1.54, 1.807) is 4.90 Å². The Bertz CT molecular complexity index is 444. The van der Waals surface area contributed by atoms with Gasteiger partial charge in [-0.2, -0.15) is 0 Å². The lowest BCUT2D eigenvalue weighted by molar-refractivity contribution is -0.118. The summed E-state index contributed by atoms with van der Waals surface area (Å²) in [5.74, 6) is 0.680. The van der Waals surface area contributed by atoms with Crippen LogP contribution in [0.15, 0.2) is 35.5 Å². The van der Waals surface area contributed by atoms with Crippen molar-refractivity contribution in [3.63, 3.8) is 0 Å². The smallest absolute Gasteiger partial charge is 0.226 e. The van der Waals surface area contributed by atoms with Crippen molar-refractivity contribution in [2.24, 2.45) is 16.8 Å². The van der Waals surface area contributed by atoms with Crippen LogP contribution in [0.25, 0.3) is 0 Å². The van der Waals surface area contributed by atoms with E-state index in [0.717, 1.165) is 12.1 Å². The van der Waals surface area contributed by atoms with E-state index in [9.17, 15) is 4.79 Å². The van der Waals surface area contributed by atoms with Gasteiger partial charge in [-0.3, -0.25) is 4.79 Å². The molecule has 0 unspecified atom stereocenters. The Labute approximate surface area is 120 Å². The van der Waals surface area contributed by atoms with Crippen LogP contribution in [-0.2, 0) is 4.79 Å². The first-order valence-electron chi connectivity index (χ1n) is 6.86. The van der Waals surface area contributed by atoms with Crippen molar-refractivity contribution < 1.29 is 10.0 Å². The fraction of sp³-hybridized carbons (Fsp3) is 0.467. The molecule has 1 amide bonds. The van der Waals surface area contributed by atoms with Gasteiger partial charge in [0, 0.05) is 25.1 Å². The summed E-state index contributed by atoms with van der Waals surface area (Å²) in [6.07, 6.45) is 1.70. The Balaban J connectivity index is 2.76. The number of carbonyl (C=O) groups is 1. The molecule has 1 aromatic rings. The second kappa shape index (κ2) is 8.19. The number of nitrogens with two attached hydrogens (primary N) is 1. The Morgan fingerprint density at radius 2 is 1.95 bits per heavy atom. The van der Waals surface area contributed by atoms with Gasteiger partial charge in [0.2, 0.25) is 5.91 Å². The lowest BCUT2D eigenvalue weighted by atomic mass is 10.1. The van der Waals surface area contributed by atoms with E-state index in [1.165, 1.54) is 0 Å². The molecule has 1 aromatic carbocycles. The zero-order chi connectivity index (χ0) is 15.0. The van der Waals surface area contributed by atoms with Crippen molar-refractivity contribution in [2.75, 3.05) is 11.4 Å². The number of amidine groups is 1. The van der Waals surface area contributed by atoms with Crippen LogP contribution < -0.4 is 10.6 Å². The standard InChI is InChI=1S/C15H23N3O2/c1-12(2)8-9-15(19)18(11-10-14(16)17-20)13-6-4-3-5-7-13/h3-7,12,20H,8-11H2,1-2H3,(H2,16,17). The van der Waals surface area contributed by atoms with Gasteiger partial charge in [0.1, 0.15) is 5.84 Å². The molecule has 20 heavy (non-hydrogen) atoms. The fourth-order valence-corrected chi connectivity index (χ4v) is 1.83. The van der Waals surface area contributed by atoms with Crippen LogP contribution in [0.4, 0.5) is 5.69 Å². The molecule has 5 nitrogen and oxygen atoms in total. The number of rotatable bonds is 7. The first-order valence-corrected chi connectivity index (χ1v) is 6.86. The SMILES string of the molecule is CC(C)CCC(=O)N(CC/C(N)=N/O)c1ccccc1. The topological polar surface area (TPSA) is 78.9 Å². The minimum atomic E-state index is 0.0654.